The van der Waals surface area contributed by atoms with E-state index in [4.69, 9.17) is 24.1 Å². The Bertz CT molecular complexity index is 828. The van der Waals surface area contributed by atoms with E-state index < -0.39 is 29.2 Å². The van der Waals surface area contributed by atoms with Crippen molar-refractivity contribution in [2.75, 3.05) is 65.1 Å². The summed E-state index contributed by atoms with van der Waals surface area (Å²) in [6.45, 7) is 4.35. The van der Waals surface area contributed by atoms with Gasteiger partial charge in [0.15, 0.2) is 6.10 Å². The van der Waals surface area contributed by atoms with E-state index >= 15 is 0 Å². The molecule has 0 aromatic heterocycles. The monoisotopic (exact) mass is 579 g/mol. The van der Waals surface area contributed by atoms with Crippen LogP contribution in [-0.2, 0) is 52.6 Å². The molecule has 15 nitrogen and oxygen atoms in total. The Morgan fingerprint density at radius 3 is 2.36 bits per heavy atom. The second-order valence-corrected chi connectivity index (χ2v) is 9.43. The number of aliphatic carboxylic acids is 1. The summed E-state index contributed by atoms with van der Waals surface area (Å²) in [5.41, 5.74) is 1.92. The van der Waals surface area contributed by atoms with Crippen molar-refractivity contribution in [2.24, 2.45) is 0 Å². The molecule has 39 heavy (non-hydrogen) atoms. The zero-order valence-corrected chi connectivity index (χ0v) is 23.0. The molecule has 0 radical (unpaired) electrons. The highest BCUT2D eigenvalue weighted by molar-refractivity contribution is 8.00. The first-order chi connectivity index (χ1) is 18.6. The van der Waals surface area contributed by atoms with E-state index in [0.717, 1.165) is 4.90 Å². The lowest BCUT2D eigenvalue weighted by Crippen LogP contribution is -2.36. The molecule has 4 amide bonds. The molecule has 0 spiro atoms. The summed E-state index contributed by atoms with van der Waals surface area (Å²) in [6, 6.07) is 0. The van der Waals surface area contributed by atoms with Gasteiger partial charge in [0.2, 0.25) is 23.6 Å². The van der Waals surface area contributed by atoms with Crippen LogP contribution < -0.4 is 10.8 Å². The van der Waals surface area contributed by atoms with Crippen LogP contribution in [0, 0.1) is 0 Å². The fourth-order valence-electron chi connectivity index (χ4n) is 2.95. The number of carbonyl (C=O) groups is 6. The van der Waals surface area contributed by atoms with Gasteiger partial charge < -0.3 is 34.2 Å². The second-order valence-electron chi connectivity index (χ2n) is 8.12. The van der Waals surface area contributed by atoms with E-state index in [-0.39, 0.29) is 89.7 Å². The number of likely N-dealkylation sites (tertiary alicyclic amines) is 1. The Morgan fingerprint density at radius 1 is 1.00 bits per heavy atom. The molecular formula is C23H37N3O12S. The van der Waals surface area contributed by atoms with Gasteiger partial charge in [0.25, 0.3) is 0 Å². The summed E-state index contributed by atoms with van der Waals surface area (Å²) in [7, 11) is 0. The molecule has 222 valence electrons. The third-order valence-electron chi connectivity index (χ3n) is 4.95. The van der Waals surface area contributed by atoms with Gasteiger partial charge >= 0.3 is 11.9 Å². The highest BCUT2D eigenvalue weighted by atomic mass is 32.2. The van der Waals surface area contributed by atoms with E-state index in [1.54, 1.807) is 0 Å². The number of imide groups is 1. The van der Waals surface area contributed by atoms with Crippen LogP contribution in [0.15, 0.2) is 0 Å². The van der Waals surface area contributed by atoms with Crippen LogP contribution in [0.3, 0.4) is 0 Å². The Kier molecular flexibility index (Phi) is 17.7. The van der Waals surface area contributed by atoms with Gasteiger partial charge in [-0.2, -0.15) is 5.48 Å². The lowest BCUT2D eigenvalue weighted by atomic mass is 10.3. The van der Waals surface area contributed by atoms with Crippen LogP contribution >= 0.6 is 11.8 Å². The maximum absolute atomic E-state index is 12.5. The molecule has 1 rings (SSSR count). The highest BCUT2D eigenvalue weighted by Crippen LogP contribution is 2.25. The van der Waals surface area contributed by atoms with Gasteiger partial charge in [-0.3, -0.25) is 24.1 Å². The van der Waals surface area contributed by atoms with Crippen molar-refractivity contribution < 1.29 is 57.7 Å². The van der Waals surface area contributed by atoms with Crippen molar-refractivity contribution in [3.8, 4) is 0 Å². The summed E-state index contributed by atoms with van der Waals surface area (Å²) < 4.78 is 20.9. The number of nitrogens with zero attached hydrogens (tertiary/aromatic N) is 1. The third kappa shape index (κ3) is 16.0. The largest absolute Gasteiger partial charge is 0.479 e. The molecule has 0 bridgehead atoms. The second kappa shape index (κ2) is 20.2. The first kappa shape index (κ1) is 34.2. The molecule has 1 fully saturated rings. The molecule has 2 unspecified atom stereocenters. The minimum absolute atomic E-state index is 0.00473. The Morgan fingerprint density at radius 2 is 1.67 bits per heavy atom. The molecule has 1 heterocycles. The number of carbonyl (C=O) groups excluding carboxylic acids is 5. The number of carboxylic acids is 1. The Balaban J connectivity index is 2.04. The zero-order valence-electron chi connectivity index (χ0n) is 22.1. The van der Waals surface area contributed by atoms with Gasteiger partial charge in [-0.25, -0.2) is 9.59 Å². The summed E-state index contributed by atoms with van der Waals surface area (Å²) in [5, 5.41) is 10.8. The van der Waals surface area contributed by atoms with E-state index in [2.05, 4.69) is 10.2 Å². The van der Waals surface area contributed by atoms with E-state index in [9.17, 15) is 28.8 Å². The van der Waals surface area contributed by atoms with E-state index in [0.29, 0.717) is 12.4 Å². The van der Waals surface area contributed by atoms with Crippen LogP contribution in [0.1, 0.15) is 33.1 Å². The normalized spacial score (nSPS) is 15.7. The fourth-order valence-corrected chi connectivity index (χ4v) is 3.97. The average Bonchev–Trinajstić information content (AvgIpc) is 3.16. The smallest absolute Gasteiger partial charge is 0.334 e. The van der Waals surface area contributed by atoms with Gasteiger partial charge in [0, 0.05) is 38.6 Å². The standard InChI is InChI=1S/C23H37N3O12S/c1-16(23(32)33)37-12-11-36-13-14-39-18-15-20(29)26(22(18)31)6-3-19(28)24-5-8-35-10-9-34-7-4-21(30)38-25-17(2)27/h16,18H,3-15H2,1-2H3,(H,24,28)(H,25,27)(H,32,33). The minimum Gasteiger partial charge on any atom is -0.479 e. The molecular weight excluding hydrogens is 542 g/mol. The fraction of sp³-hybridized carbons (Fsp3) is 0.739. The molecule has 16 heteroatoms. The topological polar surface area (TPSA) is 196 Å². The number of amides is 4. The quantitative estimate of drug-likeness (QED) is 0.0841. The SMILES string of the molecule is CC(=O)NOC(=O)CCOCCOCCNC(=O)CCN1C(=O)CC(SCCOCCOC(C)C(=O)O)C1=O. The predicted molar refractivity (Wildman–Crippen MR) is 135 cm³/mol. The van der Waals surface area contributed by atoms with Crippen molar-refractivity contribution >= 4 is 47.3 Å². The van der Waals surface area contributed by atoms with Crippen molar-refractivity contribution in [2.45, 2.75) is 44.5 Å². The highest BCUT2D eigenvalue weighted by Gasteiger charge is 2.38. The molecule has 0 saturated carbocycles. The van der Waals surface area contributed by atoms with Gasteiger partial charge in [0.1, 0.15) is 0 Å². The first-order valence-corrected chi connectivity index (χ1v) is 13.4. The van der Waals surface area contributed by atoms with Gasteiger partial charge in [-0.15, -0.1) is 11.8 Å². The van der Waals surface area contributed by atoms with Gasteiger partial charge in [0.05, 0.1) is 57.9 Å². The molecule has 3 N–H and O–H groups in total. The molecule has 0 aliphatic carbocycles. The first-order valence-electron chi connectivity index (χ1n) is 12.4. The molecule has 1 aliphatic heterocycles. The van der Waals surface area contributed by atoms with Crippen LogP contribution in [0.4, 0.5) is 0 Å². The van der Waals surface area contributed by atoms with Crippen molar-refractivity contribution in [3.63, 3.8) is 0 Å². The van der Waals surface area contributed by atoms with Crippen LogP contribution in [0.2, 0.25) is 0 Å². The minimum atomic E-state index is -1.05. The van der Waals surface area contributed by atoms with E-state index in [1.807, 2.05) is 5.48 Å². The molecule has 0 aromatic rings. The summed E-state index contributed by atoms with van der Waals surface area (Å²) >= 11 is 1.30. The maximum atomic E-state index is 12.5. The van der Waals surface area contributed by atoms with Crippen molar-refractivity contribution in [1.82, 2.24) is 15.7 Å². The molecule has 1 aliphatic rings. The Hall–Kier alpha value is -2.79. The predicted octanol–water partition coefficient (Wildman–Crippen LogP) is -1.12. The van der Waals surface area contributed by atoms with Crippen LogP contribution in [0.25, 0.3) is 0 Å². The number of carboxylic acid groups (broad SMARTS) is 1. The van der Waals surface area contributed by atoms with Gasteiger partial charge in [-0.1, -0.05) is 0 Å². The number of nitrogens with one attached hydrogen (secondary N) is 2. The number of ether oxygens (including phenoxy) is 4. The van der Waals surface area contributed by atoms with Crippen molar-refractivity contribution in [3.05, 3.63) is 0 Å². The van der Waals surface area contributed by atoms with Gasteiger partial charge in [-0.05, 0) is 6.92 Å². The summed E-state index contributed by atoms with van der Waals surface area (Å²) in [4.78, 5) is 74.8. The molecule has 1 saturated heterocycles. The zero-order chi connectivity index (χ0) is 29.0. The van der Waals surface area contributed by atoms with Crippen molar-refractivity contribution in [1.29, 1.82) is 0 Å². The average molecular weight is 580 g/mol. The summed E-state index contributed by atoms with van der Waals surface area (Å²) in [5.74, 6) is -2.67. The molecule has 0 aromatic carbocycles. The summed E-state index contributed by atoms with van der Waals surface area (Å²) in [6.07, 6.45) is -0.895. The Labute approximate surface area is 230 Å². The number of hydroxylamine groups is 1. The number of thioether (sulfide) groups is 1. The van der Waals surface area contributed by atoms with E-state index in [1.165, 1.54) is 25.6 Å². The van der Waals surface area contributed by atoms with Crippen LogP contribution in [-0.4, -0.2) is 122 Å². The molecule has 2 atom stereocenters. The number of rotatable bonds is 21. The number of hydrogen-bond acceptors (Lipinski definition) is 12. The maximum Gasteiger partial charge on any atom is 0.334 e. The third-order valence-corrected chi connectivity index (χ3v) is 6.13. The lowest BCUT2D eigenvalue weighted by molar-refractivity contribution is -0.158. The van der Waals surface area contributed by atoms with Crippen LogP contribution in [0.5, 0.6) is 0 Å². The lowest BCUT2D eigenvalue weighted by Gasteiger charge is -2.15. The number of hydrogen-bond donors (Lipinski definition) is 3.